The maximum absolute atomic E-state index is 13.6. The second kappa shape index (κ2) is 10.9. The molecule has 5 nitrogen and oxygen atoms in total. The first kappa shape index (κ1) is 24.0. The molecule has 3 aromatic rings. The molecule has 1 fully saturated rings. The zero-order chi connectivity index (χ0) is 24.9. The van der Waals surface area contributed by atoms with E-state index in [1.54, 1.807) is 13.0 Å². The minimum Gasteiger partial charge on any atom is -0.312 e. The molecule has 5 heteroatoms. The number of piperidine rings is 1. The number of hydrogen-bond acceptors (Lipinski definition) is 3. The summed E-state index contributed by atoms with van der Waals surface area (Å²) in [6, 6.07) is 26.7. The van der Waals surface area contributed by atoms with Crippen molar-refractivity contribution in [1.29, 1.82) is 0 Å². The van der Waals surface area contributed by atoms with E-state index in [0.29, 0.717) is 6.54 Å². The molecule has 36 heavy (non-hydrogen) atoms. The van der Waals surface area contributed by atoms with Gasteiger partial charge in [-0.2, -0.15) is 0 Å². The Bertz CT molecular complexity index is 1230. The maximum atomic E-state index is 13.6. The van der Waals surface area contributed by atoms with E-state index >= 15 is 0 Å². The highest BCUT2D eigenvalue weighted by atomic mass is 16.2. The number of fused-ring (bicyclic) bond motifs is 1. The fourth-order valence-electron chi connectivity index (χ4n) is 5.35. The second-order valence-electron chi connectivity index (χ2n) is 9.68. The van der Waals surface area contributed by atoms with Gasteiger partial charge in [0.1, 0.15) is 0 Å². The van der Waals surface area contributed by atoms with Crippen molar-refractivity contribution in [2.24, 2.45) is 0 Å². The van der Waals surface area contributed by atoms with Crippen LogP contribution in [0.25, 0.3) is 6.08 Å². The molecule has 1 saturated heterocycles. The van der Waals surface area contributed by atoms with Gasteiger partial charge in [0.2, 0.25) is 5.91 Å². The van der Waals surface area contributed by atoms with Gasteiger partial charge in [0.25, 0.3) is 5.91 Å². The number of carbonyl (C=O) groups is 2. The lowest BCUT2D eigenvalue weighted by Gasteiger charge is -2.38. The van der Waals surface area contributed by atoms with Crippen LogP contribution in [-0.2, 0) is 22.6 Å². The van der Waals surface area contributed by atoms with Gasteiger partial charge in [-0.3, -0.25) is 14.5 Å². The number of hydrogen-bond donors (Lipinski definition) is 0. The summed E-state index contributed by atoms with van der Waals surface area (Å²) in [5.74, 6) is 0.0228. The lowest BCUT2D eigenvalue weighted by Crippen LogP contribution is -2.47. The average Bonchev–Trinajstić information content (AvgIpc) is 3.34. The van der Waals surface area contributed by atoms with Crippen molar-refractivity contribution in [2.75, 3.05) is 29.4 Å². The van der Waals surface area contributed by atoms with Gasteiger partial charge in [0, 0.05) is 56.6 Å². The standard InChI is InChI=1S/C31H33N3O2/c1-24(35)33-21-16-27-13-14-29(22-30(27)33)34(31(36)15-12-25-8-4-2-5-9-25)28-17-19-32(20-18-28)23-26-10-6-3-7-11-26/h2-15,22,28H,16-21,23H2,1H3. The molecule has 0 unspecified atom stereocenters. The van der Waals surface area contributed by atoms with Gasteiger partial charge in [-0.05, 0) is 54.2 Å². The molecule has 2 heterocycles. The molecule has 0 radical (unpaired) electrons. The van der Waals surface area contributed by atoms with Crippen LogP contribution in [0.2, 0.25) is 0 Å². The SMILES string of the molecule is CC(=O)N1CCc2ccc(N(C(=O)C=Cc3ccccc3)C3CCN(Cc4ccccc4)CC3)cc21. The van der Waals surface area contributed by atoms with Crippen LogP contribution >= 0.6 is 0 Å². The van der Waals surface area contributed by atoms with Crippen molar-refractivity contribution in [2.45, 2.75) is 38.8 Å². The monoisotopic (exact) mass is 479 g/mol. The molecule has 0 N–H and O–H groups in total. The Morgan fingerprint density at radius 2 is 1.61 bits per heavy atom. The first-order valence-electron chi connectivity index (χ1n) is 12.8. The summed E-state index contributed by atoms with van der Waals surface area (Å²) in [7, 11) is 0. The highest BCUT2D eigenvalue weighted by Gasteiger charge is 2.30. The molecule has 0 saturated carbocycles. The first-order valence-corrected chi connectivity index (χ1v) is 12.8. The third-order valence-corrected chi connectivity index (χ3v) is 7.25. The van der Waals surface area contributed by atoms with Gasteiger partial charge in [-0.15, -0.1) is 0 Å². The van der Waals surface area contributed by atoms with Crippen molar-refractivity contribution < 1.29 is 9.59 Å². The fourth-order valence-corrected chi connectivity index (χ4v) is 5.35. The van der Waals surface area contributed by atoms with Crippen LogP contribution < -0.4 is 9.80 Å². The van der Waals surface area contributed by atoms with E-state index in [4.69, 9.17) is 0 Å². The predicted octanol–water partition coefficient (Wildman–Crippen LogP) is 5.31. The number of nitrogens with zero attached hydrogens (tertiary/aromatic N) is 3. The van der Waals surface area contributed by atoms with Gasteiger partial charge >= 0.3 is 0 Å². The Labute approximate surface area is 213 Å². The lowest BCUT2D eigenvalue weighted by atomic mass is 10.0. The summed E-state index contributed by atoms with van der Waals surface area (Å²) in [5, 5.41) is 0. The largest absolute Gasteiger partial charge is 0.312 e. The minimum absolute atomic E-state index is 0.0207. The summed E-state index contributed by atoms with van der Waals surface area (Å²) < 4.78 is 0. The topological polar surface area (TPSA) is 43.9 Å². The summed E-state index contributed by atoms with van der Waals surface area (Å²) in [5.41, 5.74) is 5.29. The molecule has 184 valence electrons. The Kier molecular flexibility index (Phi) is 7.28. The number of amides is 2. The molecule has 3 aromatic carbocycles. The van der Waals surface area contributed by atoms with Gasteiger partial charge in [0.05, 0.1) is 0 Å². The van der Waals surface area contributed by atoms with Crippen LogP contribution in [0, 0.1) is 0 Å². The Hall–Kier alpha value is -3.70. The van der Waals surface area contributed by atoms with E-state index in [1.165, 1.54) is 11.1 Å². The number of carbonyl (C=O) groups excluding carboxylic acids is 2. The molecule has 0 spiro atoms. The smallest absolute Gasteiger partial charge is 0.251 e. The molecule has 0 atom stereocenters. The van der Waals surface area contributed by atoms with Crippen molar-refractivity contribution in [1.82, 2.24) is 4.90 Å². The zero-order valence-electron chi connectivity index (χ0n) is 20.8. The molecule has 2 aliphatic heterocycles. The van der Waals surface area contributed by atoms with Crippen LogP contribution in [0.5, 0.6) is 0 Å². The third kappa shape index (κ3) is 5.42. The van der Waals surface area contributed by atoms with Crippen molar-refractivity contribution in [3.63, 3.8) is 0 Å². The predicted molar refractivity (Wildman–Crippen MR) is 146 cm³/mol. The Morgan fingerprint density at radius 1 is 0.917 bits per heavy atom. The zero-order valence-corrected chi connectivity index (χ0v) is 20.8. The number of likely N-dealkylation sites (tertiary alicyclic amines) is 1. The third-order valence-electron chi connectivity index (χ3n) is 7.25. The van der Waals surface area contributed by atoms with Crippen molar-refractivity contribution in [3.05, 3.63) is 102 Å². The van der Waals surface area contributed by atoms with Crippen molar-refractivity contribution in [3.8, 4) is 0 Å². The molecule has 0 aliphatic carbocycles. The Morgan fingerprint density at radius 3 is 2.31 bits per heavy atom. The molecule has 0 aromatic heterocycles. The normalized spacial score (nSPS) is 16.3. The van der Waals surface area contributed by atoms with E-state index in [0.717, 1.165) is 55.8 Å². The quantitative estimate of drug-likeness (QED) is 0.450. The van der Waals surface area contributed by atoms with Crippen molar-refractivity contribution >= 4 is 29.3 Å². The fraction of sp³-hybridized carbons (Fsp3) is 0.290. The van der Waals surface area contributed by atoms with E-state index in [-0.39, 0.29) is 17.9 Å². The van der Waals surface area contributed by atoms with Gasteiger partial charge in [-0.25, -0.2) is 0 Å². The van der Waals surface area contributed by atoms with E-state index in [1.807, 2.05) is 64.4 Å². The first-order chi connectivity index (χ1) is 17.6. The van der Waals surface area contributed by atoms with Crippen LogP contribution in [-0.4, -0.2) is 42.4 Å². The van der Waals surface area contributed by atoms with E-state index < -0.39 is 0 Å². The summed E-state index contributed by atoms with van der Waals surface area (Å²) in [6.45, 7) is 5.12. The molecular weight excluding hydrogens is 446 g/mol. The van der Waals surface area contributed by atoms with E-state index in [9.17, 15) is 9.59 Å². The highest BCUT2D eigenvalue weighted by molar-refractivity contribution is 6.05. The number of rotatable bonds is 6. The highest BCUT2D eigenvalue weighted by Crippen LogP contribution is 2.34. The van der Waals surface area contributed by atoms with Gasteiger partial charge < -0.3 is 9.80 Å². The van der Waals surface area contributed by atoms with Gasteiger partial charge in [0.15, 0.2) is 0 Å². The maximum Gasteiger partial charge on any atom is 0.251 e. The van der Waals surface area contributed by atoms with Crippen LogP contribution in [0.15, 0.2) is 84.9 Å². The summed E-state index contributed by atoms with van der Waals surface area (Å²) in [6.07, 6.45) is 6.24. The lowest BCUT2D eigenvalue weighted by molar-refractivity contribution is -0.116. The van der Waals surface area contributed by atoms with E-state index in [2.05, 4.69) is 35.2 Å². The Balaban J connectivity index is 1.38. The number of benzene rings is 3. The molecule has 5 rings (SSSR count). The molecular formula is C31H33N3O2. The molecule has 2 amide bonds. The van der Waals surface area contributed by atoms with Gasteiger partial charge in [-0.1, -0.05) is 66.7 Å². The second-order valence-corrected chi connectivity index (χ2v) is 9.68. The van der Waals surface area contributed by atoms with Crippen LogP contribution in [0.4, 0.5) is 11.4 Å². The summed E-state index contributed by atoms with van der Waals surface area (Å²) >= 11 is 0. The number of anilines is 2. The molecule has 0 bridgehead atoms. The minimum atomic E-state index is -0.0207. The summed E-state index contributed by atoms with van der Waals surface area (Å²) in [4.78, 5) is 32.1. The average molecular weight is 480 g/mol. The van der Waals surface area contributed by atoms with Crippen LogP contribution in [0.3, 0.4) is 0 Å². The molecule has 2 aliphatic rings. The van der Waals surface area contributed by atoms with Crippen LogP contribution in [0.1, 0.15) is 36.5 Å².